The van der Waals surface area contributed by atoms with Gasteiger partial charge in [-0.1, -0.05) is 42.5 Å². The summed E-state index contributed by atoms with van der Waals surface area (Å²) in [6.45, 7) is 0.298. The second-order valence-electron chi connectivity index (χ2n) is 4.97. The van der Waals surface area contributed by atoms with E-state index in [1.807, 2.05) is 30.3 Å². The SMILES string of the molecule is COC(=O)c1ccccc1S(=O)(=O)NCCCc1ccccc1. The summed E-state index contributed by atoms with van der Waals surface area (Å²) in [7, 11) is -2.53. The fraction of sp³-hybridized carbons (Fsp3) is 0.235. The number of esters is 1. The lowest BCUT2D eigenvalue weighted by molar-refractivity contribution is 0.0596. The highest BCUT2D eigenvalue weighted by molar-refractivity contribution is 7.89. The van der Waals surface area contributed by atoms with Gasteiger partial charge in [-0.15, -0.1) is 0 Å². The Labute approximate surface area is 136 Å². The van der Waals surface area contributed by atoms with Gasteiger partial charge in [0.25, 0.3) is 0 Å². The topological polar surface area (TPSA) is 72.5 Å². The van der Waals surface area contributed by atoms with Crippen LogP contribution in [0.5, 0.6) is 0 Å². The Bertz CT molecular complexity index is 757. The minimum absolute atomic E-state index is 0.0329. The summed E-state index contributed by atoms with van der Waals surface area (Å²) in [5.74, 6) is -0.671. The van der Waals surface area contributed by atoms with Crippen LogP contribution in [-0.4, -0.2) is 28.0 Å². The fourth-order valence-corrected chi connectivity index (χ4v) is 3.47. The Morgan fingerprint density at radius 1 is 1.04 bits per heavy atom. The summed E-state index contributed by atoms with van der Waals surface area (Å²) in [5, 5.41) is 0. The molecule has 0 saturated heterocycles. The molecule has 0 atom stereocenters. The largest absolute Gasteiger partial charge is 0.465 e. The molecular weight excluding hydrogens is 314 g/mol. The van der Waals surface area contributed by atoms with Gasteiger partial charge in [-0.3, -0.25) is 0 Å². The number of nitrogens with one attached hydrogen (secondary N) is 1. The van der Waals surface area contributed by atoms with Crippen molar-refractivity contribution < 1.29 is 17.9 Å². The van der Waals surface area contributed by atoms with E-state index in [1.54, 1.807) is 12.1 Å². The van der Waals surface area contributed by atoms with Crippen molar-refractivity contribution in [3.8, 4) is 0 Å². The average molecular weight is 333 g/mol. The lowest BCUT2D eigenvalue weighted by atomic mass is 10.1. The number of benzene rings is 2. The molecule has 0 aromatic heterocycles. The second-order valence-corrected chi connectivity index (χ2v) is 6.71. The van der Waals surface area contributed by atoms with Gasteiger partial charge < -0.3 is 4.74 Å². The Hall–Kier alpha value is -2.18. The molecule has 1 N–H and O–H groups in total. The molecule has 2 aromatic carbocycles. The Balaban J connectivity index is 2.01. The first kappa shape index (κ1) is 17.2. The van der Waals surface area contributed by atoms with Crippen molar-refractivity contribution in [3.05, 3.63) is 65.7 Å². The molecule has 2 rings (SSSR count). The van der Waals surface area contributed by atoms with Crippen LogP contribution >= 0.6 is 0 Å². The lowest BCUT2D eigenvalue weighted by Crippen LogP contribution is -2.27. The van der Waals surface area contributed by atoms with E-state index >= 15 is 0 Å². The Morgan fingerprint density at radius 3 is 2.39 bits per heavy atom. The molecule has 23 heavy (non-hydrogen) atoms. The third-order valence-electron chi connectivity index (χ3n) is 3.36. The van der Waals surface area contributed by atoms with Crippen LogP contribution in [0.25, 0.3) is 0 Å². The van der Waals surface area contributed by atoms with Crippen LogP contribution in [0.4, 0.5) is 0 Å². The van der Waals surface area contributed by atoms with Crippen molar-refractivity contribution in [2.45, 2.75) is 17.7 Å². The molecule has 0 spiro atoms. The van der Waals surface area contributed by atoms with E-state index in [9.17, 15) is 13.2 Å². The first-order chi connectivity index (χ1) is 11.0. The van der Waals surface area contributed by atoms with Crippen molar-refractivity contribution in [1.82, 2.24) is 4.72 Å². The number of rotatable bonds is 7. The molecule has 0 aliphatic carbocycles. The van der Waals surface area contributed by atoms with E-state index in [4.69, 9.17) is 0 Å². The highest BCUT2D eigenvalue weighted by Crippen LogP contribution is 2.16. The number of methoxy groups -OCH3 is 1. The third kappa shape index (κ3) is 4.64. The number of carbonyl (C=O) groups excluding carboxylic acids is 1. The molecule has 0 aliphatic heterocycles. The number of sulfonamides is 1. The van der Waals surface area contributed by atoms with Crippen molar-refractivity contribution in [2.75, 3.05) is 13.7 Å². The van der Waals surface area contributed by atoms with E-state index < -0.39 is 16.0 Å². The minimum atomic E-state index is -3.75. The maximum atomic E-state index is 12.4. The normalized spacial score (nSPS) is 11.2. The summed E-state index contributed by atoms with van der Waals surface area (Å²) in [4.78, 5) is 11.6. The lowest BCUT2D eigenvalue weighted by Gasteiger charge is -2.10. The molecule has 0 radical (unpaired) electrons. The standard InChI is InChI=1S/C17H19NO4S/c1-22-17(19)15-11-5-6-12-16(15)23(20,21)18-13-7-10-14-8-3-2-4-9-14/h2-6,8-9,11-12,18H,7,10,13H2,1H3. The van der Waals surface area contributed by atoms with Crippen LogP contribution in [0.2, 0.25) is 0 Å². The summed E-state index contributed by atoms with van der Waals surface area (Å²) in [5.41, 5.74) is 1.19. The number of aryl methyl sites for hydroxylation is 1. The molecule has 0 heterocycles. The zero-order valence-corrected chi connectivity index (χ0v) is 13.7. The monoisotopic (exact) mass is 333 g/mol. The maximum Gasteiger partial charge on any atom is 0.339 e. The number of hydrogen-bond acceptors (Lipinski definition) is 4. The predicted molar refractivity (Wildman–Crippen MR) is 87.7 cm³/mol. The molecule has 0 amide bonds. The number of carbonyl (C=O) groups is 1. The van der Waals surface area contributed by atoms with E-state index in [2.05, 4.69) is 9.46 Å². The predicted octanol–water partition coefficient (Wildman–Crippen LogP) is 2.38. The van der Waals surface area contributed by atoms with E-state index in [-0.39, 0.29) is 10.5 Å². The molecular formula is C17H19NO4S. The van der Waals surface area contributed by atoms with Gasteiger partial charge >= 0.3 is 5.97 Å². The fourth-order valence-electron chi connectivity index (χ4n) is 2.20. The van der Waals surface area contributed by atoms with Crippen molar-refractivity contribution in [1.29, 1.82) is 0 Å². The number of hydrogen-bond donors (Lipinski definition) is 1. The quantitative estimate of drug-likeness (QED) is 0.624. The molecule has 122 valence electrons. The van der Waals surface area contributed by atoms with Gasteiger partial charge in [0.2, 0.25) is 10.0 Å². The van der Waals surface area contributed by atoms with E-state index in [0.717, 1.165) is 12.0 Å². The second kappa shape index (κ2) is 7.89. The summed E-state index contributed by atoms with van der Waals surface area (Å²) in [6.07, 6.45) is 1.45. The number of ether oxygens (including phenoxy) is 1. The molecule has 0 bridgehead atoms. The molecule has 6 heteroatoms. The zero-order valence-electron chi connectivity index (χ0n) is 12.9. The van der Waals surface area contributed by atoms with Gasteiger partial charge in [0.1, 0.15) is 0 Å². The third-order valence-corrected chi connectivity index (χ3v) is 4.88. The molecule has 2 aromatic rings. The highest BCUT2D eigenvalue weighted by atomic mass is 32.2. The van der Waals surface area contributed by atoms with Gasteiger partial charge in [0.05, 0.1) is 17.6 Å². The smallest absolute Gasteiger partial charge is 0.339 e. The van der Waals surface area contributed by atoms with Gasteiger partial charge in [0.15, 0.2) is 0 Å². The average Bonchev–Trinajstić information content (AvgIpc) is 2.59. The van der Waals surface area contributed by atoms with Crippen LogP contribution in [-0.2, 0) is 21.2 Å². The first-order valence-electron chi connectivity index (χ1n) is 7.25. The Kier molecular flexibility index (Phi) is 5.90. The molecule has 0 unspecified atom stereocenters. The Morgan fingerprint density at radius 2 is 1.70 bits per heavy atom. The summed E-state index contributed by atoms with van der Waals surface area (Å²) >= 11 is 0. The minimum Gasteiger partial charge on any atom is -0.465 e. The van der Waals surface area contributed by atoms with E-state index in [0.29, 0.717) is 13.0 Å². The highest BCUT2D eigenvalue weighted by Gasteiger charge is 2.21. The maximum absolute atomic E-state index is 12.4. The van der Waals surface area contributed by atoms with Crippen molar-refractivity contribution >= 4 is 16.0 Å². The van der Waals surface area contributed by atoms with Gasteiger partial charge in [-0.05, 0) is 30.5 Å². The van der Waals surface area contributed by atoms with Gasteiger partial charge in [-0.2, -0.15) is 0 Å². The van der Waals surface area contributed by atoms with Crippen LogP contribution in [0.3, 0.4) is 0 Å². The molecule has 0 saturated carbocycles. The van der Waals surface area contributed by atoms with Gasteiger partial charge in [0, 0.05) is 6.54 Å². The first-order valence-corrected chi connectivity index (χ1v) is 8.74. The molecule has 0 aliphatic rings. The summed E-state index contributed by atoms with van der Waals surface area (Å²) in [6, 6.07) is 15.8. The molecule has 0 fully saturated rings. The van der Waals surface area contributed by atoms with Gasteiger partial charge in [-0.25, -0.2) is 17.9 Å². The molecule has 5 nitrogen and oxygen atoms in total. The van der Waals surface area contributed by atoms with Crippen molar-refractivity contribution in [3.63, 3.8) is 0 Å². The van der Waals surface area contributed by atoms with Crippen LogP contribution in [0.1, 0.15) is 22.3 Å². The van der Waals surface area contributed by atoms with E-state index in [1.165, 1.54) is 19.2 Å². The van der Waals surface area contributed by atoms with Crippen LogP contribution in [0.15, 0.2) is 59.5 Å². The van der Waals surface area contributed by atoms with Crippen LogP contribution in [0, 0.1) is 0 Å². The van der Waals surface area contributed by atoms with Crippen LogP contribution < -0.4 is 4.72 Å². The summed E-state index contributed by atoms with van der Waals surface area (Å²) < 4.78 is 31.9. The van der Waals surface area contributed by atoms with Crippen molar-refractivity contribution in [2.24, 2.45) is 0 Å². The zero-order chi connectivity index (χ0) is 16.7.